The van der Waals surface area contributed by atoms with Gasteiger partial charge in [0.25, 0.3) is 5.56 Å². The van der Waals surface area contributed by atoms with Gasteiger partial charge in [-0.25, -0.2) is 4.79 Å². The summed E-state index contributed by atoms with van der Waals surface area (Å²) >= 11 is 0. The lowest BCUT2D eigenvalue weighted by atomic mass is 9.85. The molecular formula is C21H23N3O3. The molecule has 1 aliphatic carbocycles. The highest BCUT2D eigenvalue weighted by atomic mass is 16.4. The van der Waals surface area contributed by atoms with Crippen LogP contribution in [0.2, 0.25) is 0 Å². The van der Waals surface area contributed by atoms with E-state index in [2.05, 4.69) is 10.1 Å². The van der Waals surface area contributed by atoms with Crippen molar-refractivity contribution in [2.45, 2.75) is 44.9 Å². The van der Waals surface area contributed by atoms with Crippen LogP contribution in [0.1, 0.15) is 54.6 Å². The average Bonchev–Trinajstić information content (AvgIpc) is 3.14. The second-order valence-electron chi connectivity index (χ2n) is 7.32. The molecule has 1 fully saturated rings. The first-order valence-corrected chi connectivity index (χ1v) is 9.57. The smallest absolute Gasteiger partial charge is 0.356 e. The maximum Gasteiger partial charge on any atom is 0.356 e. The zero-order chi connectivity index (χ0) is 18.8. The molecule has 27 heavy (non-hydrogen) atoms. The van der Waals surface area contributed by atoms with Crippen LogP contribution in [0.5, 0.6) is 0 Å². The Bertz CT molecular complexity index is 1010. The van der Waals surface area contributed by atoms with E-state index < -0.39 is 5.97 Å². The molecule has 0 aliphatic heterocycles. The van der Waals surface area contributed by atoms with Gasteiger partial charge in [0.05, 0.1) is 5.69 Å². The van der Waals surface area contributed by atoms with Crippen molar-refractivity contribution in [2.75, 3.05) is 0 Å². The third-order valence-electron chi connectivity index (χ3n) is 5.52. The van der Waals surface area contributed by atoms with Gasteiger partial charge in [-0.1, -0.05) is 62.4 Å². The van der Waals surface area contributed by atoms with Crippen LogP contribution in [-0.4, -0.2) is 25.7 Å². The van der Waals surface area contributed by atoms with E-state index >= 15 is 0 Å². The quantitative estimate of drug-likeness (QED) is 0.718. The number of hydrogen-bond donors (Lipinski definition) is 2. The van der Waals surface area contributed by atoms with E-state index in [1.165, 1.54) is 42.7 Å². The fourth-order valence-corrected chi connectivity index (χ4v) is 4.08. The molecule has 140 valence electrons. The molecule has 0 saturated heterocycles. The summed E-state index contributed by atoms with van der Waals surface area (Å²) in [6, 6.07) is 11.1. The third kappa shape index (κ3) is 3.52. The van der Waals surface area contributed by atoms with Crippen LogP contribution in [0.15, 0.2) is 41.2 Å². The molecule has 3 aromatic rings. The molecule has 1 aromatic carbocycles. The van der Waals surface area contributed by atoms with Gasteiger partial charge in [0.1, 0.15) is 5.65 Å². The molecule has 0 atom stereocenters. The van der Waals surface area contributed by atoms with E-state index in [4.69, 9.17) is 0 Å². The molecule has 6 heteroatoms. The van der Waals surface area contributed by atoms with Crippen LogP contribution in [-0.2, 0) is 6.42 Å². The summed E-state index contributed by atoms with van der Waals surface area (Å²) in [7, 11) is 0. The molecule has 6 nitrogen and oxygen atoms in total. The lowest BCUT2D eigenvalue weighted by Gasteiger charge is -2.21. The minimum Gasteiger partial charge on any atom is -0.476 e. The van der Waals surface area contributed by atoms with Crippen LogP contribution < -0.4 is 5.56 Å². The first-order chi connectivity index (χ1) is 13.1. The first-order valence-electron chi connectivity index (χ1n) is 9.57. The van der Waals surface area contributed by atoms with E-state index in [1.54, 1.807) is 0 Å². The Labute approximate surface area is 156 Å². The van der Waals surface area contributed by atoms with Gasteiger partial charge in [-0.2, -0.15) is 9.61 Å². The van der Waals surface area contributed by atoms with E-state index in [0.717, 1.165) is 17.7 Å². The molecule has 0 spiro atoms. The Morgan fingerprint density at radius 3 is 2.63 bits per heavy atom. The second kappa shape index (κ2) is 7.39. The summed E-state index contributed by atoms with van der Waals surface area (Å²) in [6.07, 6.45) is 7.95. The minimum absolute atomic E-state index is 0.133. The lowest BCUT2D eigenvalue weighted by Crippen LogP contribution is -2.22. The predicted octanol–water partition coefficient (Wildman–Crippen LogP) is 3.90. The summed E-state index contributed by atoms with van der Waals surface area (Å²) < 4.78 is 1.19. The number of benzene rings is 1. The van der Waals surface area contributed by atoms with Crippen molar-refractivity contribution in [1.29, 1.82) is 0 Å². The molecule has 0 bridgehead atoms. The number of aromatic carboxylic acids is 1. The van der Waals surface area contributed by atoms with Crippen LogP contribution in [0.25, 0.3) is 16.9 Å². The molecule has 4 rings (SSSR count). The van der Waals surface area contributed by atoms with Gasteiger partial charge in [0.15, 0.2) is 5.69 Å². The number of nitrogens with one attached hydrogen (secondary N) is 1. The molecule has 1 aliphatic rings. The largest absolute Gasteiger partial charge is 0.476 e. The van der Waals surface area contributed by atoms with Gasteiger partial charge in [0, 0.05) is 11.6 Å². The van der Waals surface area contributed by atoms with Crippen LogP contribution in [0.4, 0.5) is 0 Å². The normalized spacial score (nSPS) is 15.3. The Kier molecular flexibility index (Phi) is 4.79. The molecule has 0 radical (unpaired) electrons. The number of hydrogen-bond acceptors (Lipinski definition) is 3. The summed E-state index contributed by atoms with van der Waals surface area (Å²) in [4.78, 5) is 27.6. The van der Waals surface area contributed by atoms with E-state index in [0.29, 0.717) is 23.5 Å². The predicted molar refractivity (Wildman–Crippen MR) is 103 cm³/mol. The van der Waals surface area contributed by atoms with E-state index in [1.807, 2.05) is 30.3 Å². The van der Waals surface area contributed by atoms with E-state index in [9.17, 15) is 14.7 Å². The molecule has 2 aromatic heterocycles. The van der Waals surface area contributed by atoms with Gasteiger partial charge in [0.2, 0.25) is 0 Å². The van der Waals surface area contributed by atoms with Gasteiger partial charge in [-0.05, 0) is 24.3 Å². The van der Waals surface area contributed by atoms with Crippen molar-refractivity contribution in [3.05, 3.63) is 58.0 Å². The number of nitrogens with zero attached hydrogens (tertiary/aromatic N) is 2. The molecule has 2 heterocycles. The summed E-state index contributed by atoms with van der Waals surface area (Å²) in [5, 5.41) is 13.2. The number of rotatable bonds is 5. The molecule has 1 saturated carbocycles. The van der Waals surface area contributed by atoms with Crippen LogP contribution in [0.3, 0.4) is 0 Å². The molecule has 0 unspecified atom stereocenters. The topological polar surface area (TPSA) is 87.5 Å². The molecule has 0 amide bonds. The Morgan fingerprint density at radius 2 is 1.93 bits per heavy atom. The summed E-state index contributed by atoms with van der Waals surface area (Å²) in [5.41, 5.74) is 2.41. The number of carbonyl (C=O) groups is 1. The van der Waals surface area contributed by atoms with Gasteiger partial charge in [-0.15, -0.1) is 0 Å². The van der Waals surface area contributed by atoms with Gasteiger partial charge in [-0.3, -0.25) is 4.79 Å². The zero-order valence-electron chi connectivity index (χ0n) is 15.1. The standard InChI is InChI=1S/C21H23N3O3/c25-20-16(12-11-14-7-3-1-4-8-14)19(15-9-5-2-6-10-15)22-18-13-17(21(26)27)23-24(18)20/h2,5-6,9-10,13-14,22H,1,3-4,7-8,11-12H2,(H,26,27). The van der Waals surface area contributed by atoms with Crippen molar-refractivity contribution in [3.8, 4) is 11.3 Å². The number of aromatic nitrogens is 3. The SMILES string of the molecule is O=C(O)c1cc2[nH]c(-c3ccccc3)c(CCC3CCCCC3)c(=O)n2n1. The third-order valence-corrected chi connectivity index (χ3v) is 5.52. The Hall–Kier alpha value is -2.89. The highest BCUT2D eigenvalue weighted by Gasteiger charge is 2.20. The summed E-state index contributed by atoms with van der Waals surface area (Å²) in [6.45, 7) is 0. The van der Waals surface area contributed by atoms with Gasteiger partial charge < -0.3 is 10.1 Å². The highest BCUT2D eigenvalue weighted by Crippen LogP contribution is 2.29. The second-order valence-corrected chi connectivity index (χ2v) is 7.32. The first kappa shape index (κ1) is 17.5. The molecule has 2 N–H and O–H groups in total. The summed E-state index contributed by atoms with van der Waals surface area (Å²) in [5.74, 6) is -0.485. The Balaban J connectivity index is 1.79. The Morgan fingerprint density at radius 1 is 1.19 bits per heavy atom. The zero-order valence-corrected chi connectivity index (χ0v) is 15.1. The highest BCUT2D eigenvalue weighted by molar-refractivity contribution is 5.86. The maximum absolute atomic E-state index is 13.1. The molecular weight excluding hydrogens is 342 g/mol. The number of H-pyrrole nitrogens is 1. The van der Waals surface area contributed by atoms with Crippen molar-refractivity contribution < 1.29 is 9.90 Å². The van der Waals surface area contributed by atoms with Crippen molar-refractivity contribution in [2.24, 2.45) is 5.92 Å². The fourth-order valence-electron chi connectivity index (χ4n) is 4.08. The number of aromatic amines is 1. The van der Waals surface area contributed by atoms with Crippen molar-refractivity contribution in [1.82, 2.24) is 14.6 Å². The van der Waals surface area contributed by atoms with Gasteiger partial charge >= 0.3 is 5.97 Å². The van der Waals surface area contributed by atoms with Crippen molar-refractivity contribution >= 4 is 11.6 Å². The fraction of sp³-hybridized carbons (Fsp3) is 0.381. The van der Waals surface area contributed by atoms with Crippen molar-refractivity contribution in [3.63, 3.8) is 0 Å². The van der Waals surface area contributed by atoms with E-state index in [-0.39, 0.29) is 11.3 Å². The number of carboxylic acid groups (broad SMARTS) is 1. The number of fused-ring (bicyclic) bond motifs is 1. The van der Waals surface area contributed by atoms with Crippen LogP contribution >= 0.6 is 0 Å². The monoisotopic (exact) mass is 365 g/mol. The lowest BCUT2D eigenvalue weighted by molar-refractivity contribution is 0.0690. The maximum atomic E-state index is 13.1. The minimum atomic E-state index is -1.14. The van der Waals surface area contributed by atoms with Crippen LogP contribution in [0, 0.1) is 5.92 Å². The average molecular weight is 365 g/mol. The number of carboxylic acids is 1.